The fourth-order valence-corrected chi connectivity index (χ4v) is 3.03. The van der Waals surface area contributed by atoms with Gasteiger partial charge >= 0.3 is 0 Å². The van der Waals surface area contributed by atoms with Crippen LogP contribution in [0.15, 0.2) is 95.8 Å². The van der Waals surface area contributed by atoms with Crippen LogP contribution >= 0.6 is 0 Å². The fourth-order valence-electron chi connectivity index (χ4n) is 3.03. The first-order chi connectivity index (χ1) is 13.7. The molecule has 3 aromatic carbocycles. The van der Waals surface area contributed by atoms with Crippen LogP contribution in [0.5, 0.6) is 5.75 Å². The van der Waals surface area contributed by atoms with Gasteiger partial charge in [0, 0.05) is 17.4 Å². The third-order valence-electron chi connectivity index (χ3n) is 4.36. The molecular weight excluding hydrogens is 350 g/mol. The lowest BCUT2D eigenvalue weighted by Gasteiger charge is -2.19. The molecule has 0 aliphatic heterocycles. The molecule has 138 valence electrons. The minimum atomic E-state index is -0.309. The van der Waals surface area contributed by atoms with E-state index in [0.717, 1.165) is 28.4 Å². The molecule has 0 fully saturated rings. The van der Waals surface area contributed by atoms with Gasteiger partial charge in [0.25, 0.3) is 5.56 Å². The maximum Gasteiger partial charge on any atom is 0.275 e. The normalized spacial score (nSPS) is 10.5. The highest BCUT2D eigenvalue weighted by Gasteiger charge is 2.14. The Morgan fingerprint density at radius 3 is 2.14 bits per heavy atom. The second-order valence-electron chi connectivity index (χ2n) is 6.19. The van der Waals surface area contributed by atoms with Gasteiger partial charge in [-0.3, -0.25) is 9.36 Å². The van der Waals surface area contributed by atoms with Crippen molar-refractivity contribution in [3.63, 3.8) is 0 Å². The number of ether oxygens (including phenoxy) is 1. The Bertz CT molecular complexity index is 1120. The molecule has 0 bridgehead atoms. The van der Waals surface area contributed by atoms with E-state index in [9.17, 15) is 4.79 Å². The summed E-state index contributed by atoms with van der Waals surface area (Å²) in [6, 6.07) is 28.7. The van der Waals surface area contributed by atoms with Crippen molar-refractivity contribution in [3.05, 3.63) is 101 Å². The minimum Gasteiger partial charge on any atom is -0.497 e. The standard InChI is InChI=1S/C23H19N3O2/c1-28-20-14-12-17(13-15-20)21-16-22(27)25-23(24-18-8-4-2-5-9-18)26(21)19-10-6-3-7-11-19/h2-16H,1H3,(H,24,25,27). The predicted octanol–water partition coefficient (Wildman–Crippen LogP) is 4.65. The zero-order chi connectivity index (χ0) is 19.3. The van der Waals surface area contributed by atoms with Crippen LogP contribution in [-0.2, 0) is 0 Å². The average molecular weight is 369 g/mol. The highest BCUT2D eigenvalue weighted by atomic mass is 16.5. The summed E-state index contributed by atoms with van der Waals surface area (Å²) in [5, 5.41) is 3.27. The molecule has 0 amide bonds. The molecule has 0 aliphatic carbocycles. The van der Waals surface area contributed by atoms with Crippen molar-refractivity contribution in [1.29, 1.82) is 0 Å². The topological polar surface area (TPSA) is 56.1 Å². The van der Waals surface area contributed by atoms with Gasteiger partial charge in [0.15, 0.2) is 0 Å². The van der Waals surface area contributed by atoms with E-state index in [2.05, 4.69) is 10.3 Å². The predicted molar refractivity (Wildman–Crippen MR) is 112 cm³/mol. The molecule has 5 nitrogen and oxygen atoms in total. The molecule has 1 heterocycles. The first-order valence-electron chi connectivity index (χ1n) is 8.90. The largest absolute Gasteiger partial charge is 0.497 e. The van der Waals surface area contributed by atoms with E-state index in [1.54, 1.807) is 13.2 Å². The van der Waals surface area contributed by atoms with Crippen molar-refractivity contribution < 1.29 is 4.74 Å². The van der Waals surface area contributed by atoms with Crippen molar-refractivity contribution >= 4 is 11.6 Å². The number of para-hydroxylation sites is 2. The van der Waals surface area contributed by atoms with Crippen LogP contribution in [0.4, 0.5) is 11.6 Å². The Hall–Kier alpha value is -3.86. The molecule has 0 unspecified atom stereocenters. The van der Waals surface area contributed by atoms with Gasteiger partial charge in [0.2, 0.25) is 5.95 Å². The summed E-state index contributed by atoms with van der Waals surface area (Å²) in [4.78, 5) is 16.6. The molecule has 0 spiro atoms. The van der Waals surface area contributed by atoms with Crippen molar-refractivity contribution in [2.45, 2.75) is 0 Å². The van der Waals surface area contributed by atoms with Crippen LogP contribution < -0.4 is 15.6 Å². The number of hydrogen-bond donors (Lipinski definition) is 1. The quantitative estimate of drug-likeness (QED) is 0.556. The third kappa shape index (κ3) is 3.64. The maximum atomic E-state index is 12.4. The molecule has 1 N–H and O–H groups in total. The molecule has 4 aromatic rings. The number of rotatable bonds is 5. The number of nitrogens with one attached hydrogen (secondary N) is 1. The van der Waals surface area contributed by atoms with Crippen LogP contribution in [0.25, 0.3) is 16.9 Å². The fraction of sp³-hybridized carbons (Fsp3) is 0.0435. The summed E-state index contributed by atoms with van der Waals surface area (Å²) in [7, 11) is 1.63. The van der Waals surface area contributed by atoms with Crippen LogP contribution in [0, 0.1) is 0 Å². The van der Waals surface area contributed by atoms with E-state index in [4.69, 9.17) is 4.74 Å². The van der Waals surface area contributed by atoms with E-state index in [1.165, 1.54) is 0 Å². The van der Waals surface area contributed by atoms with Gasteiger partial charge in [-0.25, -0.2) is 0 Å². The zero-order valence-electron chi connectivity index (χ0n) is 15.4. The summed E-state index contributed by atoms with van der Waals surface area (Å²) in [5.41, 5.74) is 3.08. The van der Waals surface area contributed by atoms with Crippen LogP contribution in [-0.4, -0.2) is 16.7 Å². The smallest absolute Gasteiger partial charge is 0.275 e. The van der Waals surface area contributed by atoms with E-state index in [-0.39, 0.29) is 5.56 Å². The lowest BCUT2D eigenvalue weighted by atomic mass is 10.1. The lowest BCUT2D eigenvalue weighted by molar-refractivity contribution is 0.415. The lowest BCUT2D eigenvalue weighted by Crippen LogP contribution is -2.17. The number of aromatic nitrogens is 2. The number of methoxy groups -OCH3 is 1. The van der Waals surface area contributed by atoms with Crippen molar-refractivity contribution in [2.24, 2.45) is 0 Å². The molecule has 0 atom stereocenters. The third-order valence-corrected chi connectivity index (χ3v) is 4.36. The van der Waals surface area contributed by atoms with Gasteiger partial charge in [-0.2, -0.15) is 4.98 Å². The summed E-state index contributed by atoms with van der Waals surface area (Å²) < 4.78 is 7.19. The first kappa shape index (κ1) is 17.5. The van der Waals surface area contributed by atoms with Crippen molar-refractivity contribution in [2.75, 3.05) is 12.4 Å². The highest BCUT2D eigenvalue weighted by Crippen LogP contribution is 2.28. The summed E-state index contributed by atoms with van der Waals surface area (Å²) in [6.07, 6.45) is 0. The number of anilines is 2. The zero-order valence-corrected chi connectivity index (χ0v) is 15.4. The Morgan fingerprint density at radius 1 is 0.857 bits per heavy atom. The van der Waals surface area contributed by atoms with Crippen LogP contribution in [0.2, 0.25) is 0 Å². The number of benzene rings is 3. The number of hydrogen-bond acceptors (Lipinski definition) is 4. The van der Waals surface area contributed by atoms with E-state index >= 15 is 0 Å². The van der Waals surface area contributed by atoms with Gasteiger partial charge in [0.1, 0.15) is 5.75 Å². The molecule has 1 aromatic heterocycles. The molecule has 5 heteroatoms. The van der Waals surface area contributed by atoms with E-state index in [0.29, 0.717) is 5.95 Å². The summed E-state index contributed by atoms with van der Waals surface area (Å²) >= 11 is 0. The Balaban J connectivity index is 1.92. The molecule has 0 saturated carbocycles. The first-order valence-corrected chi connectivity index (χ1v) is 8.90. The molecule has 0 radical (unpaired) electrons. The van der Waals surface area contributed by atoms with Crippen LogP contribution in [0.3, 0.4) is 0 Å². The van der Waals surface area contributed by atoms with E-state index < -0.39 is 0 Å². The Kier molecular flexibility index (Phi) is 4.89. The van der Waals surface area contributed by atoms with Crippen molar-refractivity contribution in [1.82, 2.24) is 9.55 Å². The van der Waals surface area contributed by atoms with Gasteiger partial charge in [0.05, 0.1) is 12.8 Å². The van der Waals surface area contributed by atoms with Gasteiger partial charge in [-0.15, -0.1) is 0 Å². The Labute approximate surface area is 162 Å². The second-order valence-corrected chi connectivity index (χ2v) is 6.19. The molecule has 28 heavy (non-hydrogen) atoms. The maximum absolute atomic E-state index is 12.4. The van der Waals surface area contributed by atoms with Gasteiger partial charge < -0.3 is 10.1 Å². The van der Waals surface area contributed by atoms with Gasteiger partial charge in [-0.05, 0) is 54.1 Å². The Morgan fingerprint density at radius 2 is 1.50 bits per heavy atom. The average Bonchev–Trinajstić information content (AvgIpc) is 2.75. The summed E-state index contributed by atoms with van der Waals surface area (Å²) in [6.45, 7) is 0. The van der Waals surface area contributed by atoms with Gasteiger partial charge in [-0.1, -0.05) is 36.4 Å². The SMILES string of the molecule is COc1ccc(-c2cc(=O)nc(Nc3ccccc3)n2-c2ccccc2)cc1. The van der Waals surface area contributed by atoms with Crippen LogP contribution in [0.1, 0.15) is 0 Å². The second kappa shape index (κ2) is 7.80. The van der Waals surface area contributed by atoms with Crippen molar-refractivity contribution in [3.8, 4) is 22.7 Å². The number of nitrogens with zero attached hydrogens (tertiary/aromatic N) is 2. The molecule has 0 aliphatic rings. The molecule has 0 saturated heterocycles. The van der Waals surface area contributed by atoms with E-state index in [1.807, 2.05) is 89.5 Å². The monoisotopic (exact) mass is 369 g/mol. The highest BCUT2D eigenvalue weighted by molar-refractivity contribution is 5.67. The molecule has 4 rings (SSSR count). The molecular formula is C23H19N3O2. The minimum absolute atomic E-state index is 0.309. The summed E-state index contributed by atoms with van der Waals surface area (Å²) in [5.74, 6) is 1.21.